The molecule has 10 heteroatoms. The minimum Gasteiger partial charge on any atom is -0.496 e. The third-order valence-corrected chi connectivity index (χ3v) is 5.22. The fourth-order valence-corrected chi connectivity index (χ4v) is 3.73. The van der Waals surface area contributed by atoms with Crippen LogP contribution in [0.2, 0.25) is 0 Å². The fourth-order valence-electron chi connectivity index (χ4n) is 3.73. The summed E-state index contributed by atoms with van der Waals surface area (Å²) in [7, 11) is 1.45. The van der Waals surface area contributed by atoms with Gasteiger partial charge in [-0.05, 0) is 29.8 Å². The Morgan fingerprint density at radius 1 is 1.03 bits per heavy atom. The zero-order chi connectivity index (χ0) is 24.4. The number of nitrogen functional groups attached to an aromatic ring is 1. The number of benzene rings is 2. The lowest BCUT2D eigenvalue weighted by Crippen LogP contribution is -2.24. The van der Waals surface area contributed by atoms with E-state index >= 15 is 0 Å². The number of para-hydroxylation sites is 1. The molecule has 0 aliphatic carbocycles. The van der Waals surface area contributed by atoms with E-state index in [9.17, 15) is 24.6 Å². The summed E-state index contributed by atoms with van der Waals surface area (Å²) in [6, 6.07) is 13.7. The smallest absolute Gasteiger partial charge is 0.342 e. The Hall–Kier alpha value is -4.86. The molecule has 0 saturated heterocycles. The molecule has 0 fully saturated rings. The van der Waals surface area contributed by atoms with Crippen molar-refractivity contribution in [3.8, 4) is 22.6 Å². The van der Waals surface area contributed by atoms with Crippen LogP contribution in [-0.2, 0) is 6.61 Å². The van der Waals surface area contributed by atoms with Gasteiger partial charge in [0.15, 0.2) is 0 Å². The van der Waals surface area contributed by atoms with Crippen LogP contribution in [0.15, 0.2) is 59.5 Å². The maximum atomic E-state index is 12.3. The molecule has 4 rings (SSSR count). The van der Waals surface area contributed by atoms with Crippen LogP contribution in [0.1, 0.15) is 26.3 Å². The van der Waals surface area contributed by atoms with Crippen LogP contribution in [0.5, 0.6) is 11.5 Å². The molecule has 0 bridgehead atoms. The maximum Gasteiger partial charge on any atom is 0.342 e. The van der Waals surface area contributed by atoms with E-state index in [-0.39, 0.29) is 17.7 Å². The molecule has 5 N–H and O–H groups in total. The Morgan fingerprint density at radius 3 is 2.47 bits per heavy atom. The summed E-state index contributed by atoms with van der Waals surface area (Å²) >= 11 is 0. The molecule has 2 heterocycles. The first-order chi connectivity index (χ1) is 16.3. The number of rotatable bonds is 7. The Labute approximate surface area is 192 Å². The summed E-state index contributed by atoms with van der Waals surface area (Å²) < 4.78 is 11.4. The van der Waals surface area contributed by atoms with E-state index in [0.717, 1.165) is 5.39 Å². The van der Waals surface area contributed by atoms with Crippen LogP contribution in [0.4, 0.5) is 5.82 Å². The number of pyridine rings is 2. The molecule has 0 amide bonds. The molecule has 34 heavy (non-hydrogen) atoms. The number of ether oxygens (including phenoxy) is 2. The lowest BCUT2D eigenvalue weighted by atomic mass is 9.94. The van der Waals surface area contributed by atoms with Crippen LogP contribution in [0.25, 0.3) is 22.0 Å². The normalized spacial score (nSPS) is 10.7. The molecule has 0 saturated carbocycles. The van der Waals surface area contributed by atoms with Crippen LogP contribution >= 0.6 is 0 Å². The first-order valence-electron chi connectivity index (χ1n) is 9.98. The number of anilines is 1. The number of methoxy groups -OCH3 is 1. The SMILES string of the molecule is COc1ccc(-c2c(C(=O)O)c(N)[nH]c(=O)c2C(=O)O)cc1COc1cccc2cccnc12. The average molecular weight is 461 g/mol. The highest BCUT2D eigenvalue weighted by Crippen LogP contribution is 2.33. The molecule has 0 aliphatic rings. The van der Waals surface area contributed by atoms with Gasteiger partial charge in [0.25, 0.3) is 5.56 Å². The molecule has 4 aromatic rings. The van der Waals surface area contributed by atoms with E-state index in [0.29, 0.717) is 22.6 Å². The minimum atomic E-state index is -1.59. The quantitative estimate of drug-likeness (QED) is 0.323. The number of carbonyl (C=O) groups is 2. The third-order valence-electron chi connectivity index (χ3n) is 5.22. The van der Waals surface area contributed by atoms with Gasteiger partial charge in [0.1, 0.15) is 40.6 Å². The lowest BCUT2D eigenvalue weighted by molar-refractivity contribution is 0.0695. The van der Waals surface area contributed by atoms with Gasteiger partial charge in [-0.15, -0.1) is 0 Å². The first kappa shape index (κ1) is 22.3. The van der Waals surface area contributed by atoms with Crippen molar-refractivity contribution >= 4 is 28.7 Å². The number of carboxylic acids is 2. The van der Waals surface area contributed by atoms with E-state index in [1.54, 1.807) is 12.3 Å². The minimum absolute atomic E-state index is 0.00379. The molecule has 0 radical (unpaired) electrons. The highest BCUT2D eigenvalue weighted by Gasteiger charge is 2.27. The van der Waals surface area contributed by atoms with E-state index in [4.69, 9.17) is 15.2 Å². The van der Waals surface area contributed by atoms with Crippen molar-refractivity contribution in [1.82, 2.24) is 9.97 Å². The van der Waals surface area contributed by atoms with Crippen molar-refractivity contribution in [2.24, 2.45) is 0 Å². The number of aromatic amines is 1. The Kier molecular flexibility index (Phi) is 5.88. The van der Waals surface area contributed by atoms with Gasteiger partial charge in [0.2, 0.25) is 0 Å². The maximum absolute atomic E-state index is 12.3. The van der Waals surface area contributed by atoms with Gasteiger partial charge in [-0.1, -0.05) is 24.3 Å². The number of aromatic nitrogens is 2. The van der Waals surface area contributed by atoms with Gasteiger partial charge in [0.05, 0.1) is 7.11 Å². The highest BCUT2D eigenvalue weighted by atomic mass is 16.5. The standard InChI is InChI=1S/C24H19N3O7/c1-33-15-8-7-13(17-18(23(29)30)21(25)27-22(28)19(17)24(31)32)10-14(15)11-34-16-6-2-4-12-5-3-9-26-20(12)16/h2-10H,11H2,1H3,(H,29,30)(H,31,32)(H3,25,27,28). The second-order valence-corrected chi connectivity index (χ2v) is 7.25. The van der Waals surface area contributed by atoms with E-state index in [2.05, 4.69) is 9.97 Å². The summed E-state index contributed by atoms with van der Waals surface area (Å²) in [6.07, 6.45) is 1.65. The van der Waals surface area contributed by atoms with Crippen molar-refractivity contribution < 1.29 is 29.3 Å². The monoisotopic (exact) mass is 461 g/mol. The van der Waals surface area contributed by atoms with Crippen LogP contribution in [0, 0.1) is 0 Å². The highest BCUT2D eigenvalue weighted by molar-refractivity contribution is 6.07. The van der Waals surface area contributed by atoms with Gasteiger partial charge in [0, 0.05) is 22.7 Å². The summed E-state index contributed by atoms with van der Waals surface area (Å²) in [6.45, 7) is -0.00379. The first-order valence-corrected chi connectivity index (χ1v) is 9.98. The molecule has 10 nitrogen and oxygen atoms in total. The zero-order valence-electron chi connectivity index (χ0n) is 17.9. The zero-order valence-corrected chi connectivity index (χ0v) is 17.9. The predicted octanol–water partition coefficient (Wildman–Crippen LogP) is 3.16. The van der Waals surface area contributed by atoms with Gasteiger partial charge in [-0.3, -0.25) is 9.78 Å². The van der Waals surface area contributed by atoms with Gasteiger partial charge >= 0.3 is 11.9 Å². The number of fused-ring (bicyclic) bond motifs is 1. The number of nitrogens with zero attached hydrogens (tertiary/aromatic N) is 1. The van der Waals surface area contributed by atoms with Crippen LogP contribution < -0.4 is 20.8 Å². The second kappa shape index (κ2) is 8.94. The van der Waals surface area contributed by atoms with E-state index in [1.165, 1.54) is 25.3 Å². The topological polar surface area (TPSA) is 165 Å². The molecule has 2 aromatic heterocycles. The number of H-pyrrole nitrogens is 1. The molecule has 0 unspecified atom stereocenters. The number of nitrogens with two attached hydrogens (primary N) is 1. The molecular formula is C24H19N3O7. The predicted molar refractivity (Wildman–Crippen MR) is 123 cm³/mol. The van der Waals surface area contributed by atoms with Crippen molar-refractivity contribution in [2.75, 3.05) is 12.8 Å². The largest absolute Gasteiger partial charge is 0.496 e. The summed E-state index contributed by atoms with van der Waals surface area (Å²) in [5.74, 6) is -2.59. The molecular weight excluding hydrogens is 442 g/mol. The van der Waals surface area contributed by atoms with Gasteiger partial charge in [-0.2, -0.15) is 0 Å². The fraction of sp³-hybridized carbons (Fsp3) is 0.0833. The lowest BCUT2D eigenvalue weighted by Gasteiger charge is -2.16. The molecule has 172 valence electrons. The van der Waals surface area contributed by atoms with Crippen molar-refractivity contribution in [3.63, 3.8) is 0 Å². The summed E-state index contributed by atoms with van der Waals surface area (Å²) in [5, 5.41) is 20.2. The number of nitrogens with one attached hydrogen (secondary N) is 1. The number of carboxylic acid groups (broad SMARTS) is 2. The average Bonchev–Trinajstić information content (AvgIpc) is 2.81. The van der Waals surface area contributed by atoms with E-state index in [1.807, 2.05) is 24.3 Å². The van der Waals surface area contributed by atoms with Crippen molar-refractivity contribution in [2.45, 2.75) is 6.61 Å². The molecule has 0 spiro atoms. The van der Waals surface area contributed by atoms with Gasteiger partial charge < -0.3 is 30.4 Å². The molecule has 0 atom stereocenters. The molecule has 2 aromatic carbocycles. The Bertz CT molecular complexity index is 1490. The molecule has 0 aliphatic heterocycles. The van der Waals surface area contributed by atoms with Crippen LogP contribution in [-0.4, -0.2) is 39.2 Å². The Morgan fingerprint density at radius 2 is 1.76 bits per heavy atom. The summed E-state index contributed by atoms with van der Waals surface area (Å²) in [5.41, 5.74) is 4.45. The van der Waals surface area contributed by atoms with E-state index < -0.39 is 34.4 Å². The Balaban J connectivity index is 1.83. The summed E-state index contributed by atoms with van der Waals surface area (Å²) in [4.78, 5) is 42.5. The number of hydrogen-bond donors (Lipinski definition) is 4. The number of hydrogen-bond acceptors (Lipinski definition) is 7. The second-order valence-electron chi connectivity index (χ2n) is 7.25. The van der Waals surface area contributed by atoms with Crippen molar-refractivity contribution in [1.29, 1.82) is 0 Å². The van der Waals surface area contributed by atoms with Crippen molar-refractivity contribution in [3.05, 3.63) is 81.8 Å². The number of aromatic carboxylic acids is 2. The van der Waals surface area contributed by atoms with Crippen LogP contribution in [0.3, 0.4) is 0 Å². The third kappa shape index (κ3) is 3.99. The van der Waals surface area contributed by atoms with Gasteiger partial charge in [-0.25, -0.2) is 9.59 Å².